The van der Waals surface area contributed by atoms with Crippen LogP contribution < -0.4 is 0 Å². The number of aromatic nitrogens is 6. The van der Waals surface area contributed by atoms with Gasteiger partial charge in [-0.1, -0.05) is 90.3 Å². The van der Waals surface area contributed by atoms with Gasteiger partial charge in [-0.25, -0.2) is 4.98 Å². The molecule has 0 spiro atoms. The number of halogens is 1. The standard InChI is InChI=1S/C30H31ClN6S/c1-2-3-15-29-32-20-25(37(29)21-23-12-7-8-14-28(23)31)18-24(19-26-13-9-16-38-26)27(30-33-35-36-34-30)17-22-10-5-4-6-11-22/h4-14,16,18,20,27H,2-3,15,17,19,21H2,1H3,(H,33,34,35,36)/b24-18+. The highest BCUT2D eigenvalue weighted by atomic mass is 35.5. The normalized spacial score (nSPS) is 12.6. The van der Waals surface area contributed by atoms with E-state index in [1.807, 2.05) is 30.5 Å². The predicted octanol–water partition coefficient (Wildman–Crippen LogP) is 7.15. The van der Waals surface area contributed by atoms with E-state index in [0.717, 1.165) is 54.2 Å². The van der Waals surface area contributed by atoms with Crippen molar-refractivity contribution in [3.05, 3.63) is 122 Å². The molecule has 1 atom stereocenters. The Bertz CT molecular complexity index is 1440. The molecule has 8 heteroatoms. The fourth-order valence-electron chi connectivity index (χ4n) is 4.69. The van der Waals surface area contributed by atoms with Crippen molar-refractivity contribution in [3.63, 3.8) is 0 Å². The lowest BCUT2D eigenvalue weighted by Gasteiger charge is -2.19. The Labute approximate surface area is 232 Å². The van der Waals surface area contributed by atoms with E-state index in [9.17, 15) is 0 Å². The molecule has 3 heterocycles. The minimum atomic E-state index is -0.0407. The maximum Gasteiger partial charge on any atom is 0.182 e. The van der Waals surface area contributed by atoms with E-state index in [2.05, 4.69) is 86.0 Å². The number of benzene rings is 2. The third kappa shape index (κ3) is 6.47. The summed E-state index contributed by atoms with van der Waals surface area (Å²) in [6.07, 6.45) is 8.97. The molecule has 0 radical (unpaired) electrons. The van der Waals surface area contributed by atoms with Gasteiger partial charge in [-0.2, -0.15) is 5.21 Å². The van der Waals surface area contributed by atoms with E-state index in [0.29, 0.717) is 12.4 Å². The molecule has 0 aliphatic heterocycles. The number of rotatable bonds is 12. The summed E-state index contributed by atoms with van der Waals surface area (Å²) in [5.41, 5.74) is 4.59. The van der Waals surface area contributed by atoms with Crippen LogP contribution in [0.5, 0.6) is 0 Å². The van der Waals surface area contributed by atoms with Crippen LogP contribution in [-0.4, -0.2) is 30.2 Å². The van der Waals surface area contributed by atoms with E-state index in [-0.39, 0.29) is 5.92 Å². The van der Waals surface area contributed by atoms with E-state index < -0.39 is 0 Å². The number of aryl methyl sites for hydroxylation is 1. The number of imidazole rings is 1. The number of tetrazole rings is 1. The number of thiophene rings is 1. The Morgan fingerprint density at radius 1 is 1.08 bits per heavy atom. The summed E-state index contributed by atoms with van der Waals surface area (Å²) >= 11 is 8.35. The monoisotopic (exact) mass is 542 g/mol. The van der Waals surface area contributed by atoms with Crippen molar-refractivity contribution >= 4 is 29.0 Å². The molecule has 0 saturated carbocycles. The van der Waals surface area contributed by atoms with Crippen LogP contribution in [0.15, 0.2) is 83.9 Å². The van der Waals surface area contributed by atoms with Gasteiger partial charge in [0.2, 0.25) is 0 Å². The highest BCUT2D eigenvalue weighted by Crippen LogP contribution is 2.32. The Hall–Kier alpha value is -3.55. The first-order valence-corrected chi connectivity index (χ1v) is 14.2. The van der Waals surface area contributed by atoms with Crippen LogP contribution >= 0.6 is 22.9 Å². The molecule has 0 saturated heterocycles. The van der Waals surface area contributed by atoms with Crippen LogP contribution in [0.4, 0.5) is 0 Å². The fraction of sp³-hybridized carbons (Fsp3) is 0.267. The first-order chi connectivity index (χ1) is 18.7. The molecule has 0 fully saturated rings. The van der Waals surface area contributed by atoms with Gasteiger partial charge in [-0.3, -0.25) is 0 Å². The molecule has 0 aliphatic carbocycles. The molecule has 2 aromatic carbocycles. The second-order valence-corrected chi connectivity index (χ2v) is 10.8. The van der Waals surface area contributed by atoms with Gasteiger partial charge in [0.05, 0.1) is 18.4 Å². The number of H-pyrrole nitrogens is 1. The highest BCUT2D eigenvalue weighted by molar-refractivity contribution is 7.09. The maximum atomic E-state index is 6.58. The first-order valence-electron chi connectivity index (χ1n) is 13.0. The molecule has 194 valence electrons. The summed E-state index contributed by atoms with van der Waals surface area (Å²) < 4.78 is 2.31. The van der Waals surface area contributed by atoms with Crippen molar-refractivity contribution in [2.45, 2.75) is 51.5 Å². The van der Waals surface area contributed by atoms with Crippen molar-refractivity contribution in [3.8, 4) is 0 Å². The van der Waals surface area contributed by atoms with Crippen molar-refractivity contribution in [2.24, 2.45) is 0 Å². The summed E-state index contributed by atoms with van der Waals surface area (Å²) in [6, 6.07) is 22.8. The zero-order valence-electron chi connectivity index (χ0n) is 21.4. The molecule has 0 aliphatic rings. The van der Waals surface area contributed by atoms with Crippen molar-refractivity contribution in [1.82, 2.24) is 30.2 Å². The van der Waals surface area contributed by atoms with Crippen LogP contribution in [0.25, 0.3) is 6.08 Å². The number of unbranched alkanes of at least 4 members (excludes halogenated alkanes) is 1. The third-order valence-corrected chi connectivity index (χ3v) is 7.95. The van der Waals surface area contributed by atoms with Crippen molar-refractivity contribution < 1.29 is 0 Å². The van der Waals surface area contributed by atoms with E-state index >= 15 is 0 Å². The minimum absolute atomic E-state index is 0.0407. The number of nitrogens with one attached hydrogen (secondary N) is 1. The van der Waals surface area contributed by atoms with Crippen LogP contribution in [0, 0.1) is 0 Å². The van der Waals surface area contributed by atoms with Gasteiger partial charge in [0.1, 0.15) is 5.82 Å². The van der Waals surface area contributed by atoms with Crippen molar-refractivity contribution in [1.29, 1.82) is 0 Å². The molecule has 6 nitrogen and oxygen atoms in total. The lowest BCUT2D eigenvalue weighted by atomic mass is 9.88. The number of aromatic amines is 1. The second-order valence-electron chi connectivity index (χ2n) is 9.37. The largest absolute Gasteiger partial charge is 0.324 e. The molecule has 1 unspecified atom stereocenters. The van der Waals surface area contributed by atoms with Crippen LogP contribution in [0.2, 0.25) is 5.02 Å². The molecule has 0 amide bonds. The SMILES string of the molecule is CCCCc1ncc(/C=C(\Cc2cccs2)C(Cc2ccccc2)c2nn[nH]n2)n1Cc1ccccc1Cl. The van der Waals surface area contributed by atoms with Crippen LogP contribution in [0.1, 0.15) is 59.0 Å². The van der Waals surface area contributed by atoms with Gasteiger partial charge in [-0.15, -0.1) is 21.5 Å². The van der Waals surface area contributed by atoms with Gasteiger partial charge >= 0.3 is 0 Å². The lowest BCUT2D eigenvalue weighted by Crippen LogP contribution is -2.12. The first kappa shape index (κ1) is 26.1. The maximum absolute atomic E-state index is 6.58. The van der Waals surface area contributed by atoms with E-state index in [1.165, 1.54) is 16.0 Å². The van der Waals surface area contributed by atoms with Gasteiger partial charge in [0.15, 0.2) is 5.82 Å². The molecule has 0 bridgehead atoms. The van der Waals surface area contributed by atoms with Crippen molar-refractivity contribution in [2.75, 3.05) is 0 Å². The van der Waals surface area contributed by atoms with Gasteiger partial charge < -0.3 is 4.57 Å². The molecule has 1 N–H and O–H groups in total. The molecular formula is C30H31ClN6S. The zero-order valence-corrected chi connectivity index (χ0v) is 23.0. The molecule has 5 rings (SSSR count). The van der Waals surface area contributed by atoms with Gasteiger partial charge in [0, 0.05) is 28.7 Å². The van der Waals surface area contributed by atoms with Gasteiger partial charge in [0.25, 0.3) is 0 Å². The Morgan fingerprint density at radius 3 is 2.66 bits per heavy atom. The predicted molar refractivity (Wildman–Crippen MR) is 154 cm³/mol. The smallest absolute Gasteiger partial charge is 0.182 e. The number of hydrogen-bond acceptors (Lipinski definition) is 5. The highest BCUT2D eigenvalue weighted by Gasteiger charge is 2.23. The summed E-state index contributed by atoms with van der Waals surface area (Å²) in [6.45, 7) is 2.88. The Kier molecular flexibility index (Phi) is 8.78. The zero-order chi connectivity index (χ0) is 26.2. The molecule has 3 aromatic heterocycles. The summed E-state index contributed by atoms with van der Waals surface area (Å²) in [4.78, 5) is 6.16. The molecule has 5 aromatic rings. The Balaban J connectivity index is 1.59. The average Bonchev–Trinajstić information content (AvgIpc) is 3.72. The average molecular weight is 543 g/mol. The van der Waals surface area contributed by atoms with E-state index in [1.54, 1.807) is 11.3 Å². The quantitative estimate of drug-likeness (QED) is 0.181. The minimum Gasteiger partial charge on any atom is -0.324 e. The summed E-state index contributed by atoms with van der Waals surface area (Å²) in [5.74, 6) is 1.73. The fourth-order valence-corrected chi connectivity index (χ4v) is 5.63. The lowest BCUT2D eigenvalue weighted by molar-refractivity contribution is 0.673. The molecule has 38 heavy (non-hydrogen) atoms. The Morgan fingerprint density at radius 2 is 1.92 bits per heavy atom. The topological polar surface area (TPSA) is 72.3 Å². The second kappa shape index (κ2) is 12.8. The van der Waals surface area contributed by atoms with Crippen LogP contribution in [0.3, 0.4) is 0 Å². The van der Waals surface area contributed by atoms with E-state index in [4.69, 9.17) is 16.6 Å². The molecular weight excluding hydrogens is 512 g/mol. The third-order valence-electron chi connectivity index (χ3n) is 6.70. The summed E-state index contributed by atoms with van der Waals surface area (Å²) in [5, 5.41) is 18.3. The number of nitrogens with zero attached hydrogens (tertiary/aromatic N) is 5. The van der Waals surface area contributed by atoms with Gasteiger partial charge in [-0.05, 0) is 47.6 Å². The van der Waals surface area contributed by atoms with Crippen LogP contribution in [-0.2, 0) is 25.8 Å². The number of hydrogen-bond donors (Lipinski definition) is 1. The number of allylic oxidation sites excluding steroid dienone is 1. The summed E-state index contributed by atoms with van der Waals surface area (Å²) in [7, 11) is 0.